The molecule has 6 aromatic rings. The Labute approximate surface area is 447 Å². The predicted molar refractivity (Wildman–Crippen MR) is 240 cm³/mol. The number of amides is 3. The molecule has 16 nitrogen and oxygen atoms in total. The maximum atomic E-state index is 13.6. The van der Waals surface area contributed by atoms with Crippen molar-refractivity contribution in [2.75, 3.05) is 19.6 Å². The van der Waals surface area contributed by atoms with Crippen molar-refractivity contribution < 1.29 is 98.2 Å². The van der Waals surface area contributed by atoms with Gasteiger partial charge in [-0.15, -0.1) is 30.6 Å². The number of carbonyl (C=O) groups is 4. The molecule has 6 heterocycles. The fourth-order valence-corrected chi connectivity index (χ4v) is 8.16. The standard InChI is InChI=1S/C16H12F6N4O2.2C16H12F6N4O/c17-10-6-12(19)11(18)4-8(10)3-9(27)5-14(28)25-1-2-26-13(7-25)23-24-15(26)16(20,21)22;2*17-10-7-12(19)11(18)6-9(10)2-1-3-14(27)25-4-5-26-13(8-25)23-24-15(26)16(20,21)22/h4,6H,1-3,5,7H2;1,3,6-7H,2,4-5,8H2;1-2,6-7H,3-5,8H2. The van der Waals surface area contributed by atoms with E-state index in [0.29, 0.717) is 36.4 Å². The Morgan fingerprint density at radius 1 is 0.439 bits per heavy atom. The first kappa shape index (κ1) is 61.0. The summed E-state index contributed by atoms with van der Waals surface area (Å²) >= 11 is 0. The average molecular weight is 1190 g/mol. The summed E-state index contributed by atoms with van der Waals surface area (Å²) in [6.07, 6.45) is -10.8. The quantitative estimate of drug-likeness (QED) is 0.0563. The van der Waals surface area contributed by atoms with E-state index in [0.717, 1.165) is 30.8 Å². The molecule has 0 spiro atoms. The lowest BCUT2D eigenvalue weighted by Crippen LogP contribution is -2.40. The van der Waals surface area contributed by atoms with E-state index in [1.165, 1.54) is 22.0 Å². The number of alkyl halides is 9. The molecule has 0 saturated carbocycles. The maximum Gasteiger partial charge on any atom is 0.451 e. The highest BCUT2D eigenvalue weighted by atomic mass is 19.4. The van der Waals surface area contributed by atoms with E-state index in [1.807, 2.05) is 0 Å². The van der Waals surface area contributed by atoms with Crippen molar-refractivity contribution in [2.24, 2.45) is 0 Å². The molecule has 0 aliphatic carbocycles. The lowest BCUT2D eigenvalue weighted by atomic mass is 10.1. The molecule has 0 unspecified atom stereocenters. The smallest absolute Gasteiger partial charge is 0.333 e. The minimum Gasteiger partial charge on any atom is -0.333 e. The first-order chi connectivity index (χ1) is 38.4. The molecule has 3 aliphatic heterocycles. The Bertz CT molecular complexity index is 3460. The monoisotopic (exact) mass is 1190 g/mol. The van der Waals surface area contributed by atoms with Crippen LogP contribution in [0.4, 0.5) is 79.0 Å². The fraction of sp³-hybridized carbons (Fsp3) is 0.333. The van der Waals surface area contributed by atoms with Crippen LogP contribution in [0.15, 0.2) is 54.6 Å². The number of aromatic nitrogens is 9. The summed E-state index contributed by atoms with van der Waals surface area (Å²) in [7, 11) is 0. The van der Waals surface area contributed by atoms with Crippen LogP contribution in [-0.4, -0.2) is 102 Å². The third-order valence-corrected chi connectivity index (χ3v) is 12.2. The van der Waals surface area contributed by atoms with Crippen molar-refractivity contribution >= 4 is 29.6 Å². The van der Waals surface area contributed by atoms with Crippen LogP contribution in [0.2, 0.25) is 0 Å². The van der Waals surface area contributed by atoms with E-state index in [2.05, 4.69) is 30.6 Å². The van der Waals surface area contributed by atoms with Crippen molar-refractivity contribution in [3.8, 4) is 0 Å². The molecular formula is C48H36F18N12O4. The van der Waals surface area contributed by atoms with Gasteiger partial charge in [0.25, 0.3) is 0 Å². The van der Waals surface area contributed by atoms with Crippen LogP contribution in [0.3, 0.4) is 0 Å². The van der Waals surface area contributed by atoms with Crippen LogP contribution in [0.5, 0.6) is 0 Å². The third kappa shape index (κ3) is 14.6. The van der Waals surface area contributed by atoms with Gasteiger partial charge in [-0.25, -0.2) is 39.5 Å². The summed E-state index contributed by atoms with van der Waals surface area (Å²) in [5, 5.41) is 19.7. The van der Waals surface area contributed by atoms with Gasteiger partial charge in [0.15, 0.2) is 52.4 Å². The Hall–Kier alpha value is -8.62. The SMILES string of the molecule is O=C(C=CCc1cc(F)c(F)cc1F)N1CCn2c(nnc2C(F)(F)F)C1.O=C(CC(=O)N1CCn2c(nnc2C(F)(F)F)C1)Cc1cc(F)c(F)cc1F.O=C(CC=Cc1cc(F)c(F)cc1F)N1CCn2c(nnc2C(F)(F)F)C1. The van der Waals surface area contributed by atoms with Gasteiger partial charge >= 0.3 is 18.5 Å². The minimum atomic E-state index is -4.68. The fourth-order valence-electron chi connectivity index (χ4n) is 8.16. The number of carbonyl (C=O) groups excluding carboxylic acids is 4. The number of benzene rings is 3. The van der Waals surface area contributed by atoms with Crippen molar-refractivity contribution in [3.63, 3.8) is 0 Å². The number of hydrogen-bond donors (Lipinski definition) is 0. The second-order valence-electron chi connectivity index (χ2n) is 17.8. The Morgan fingerprint density at radius 3 is 1.30 bits per heavy atom. The van der Waals surface area contributed by atoms with Crippen LogP contribution in [-0.2, 0) is 89.8 Å². The number of hydrogen-bond acceptors (Lipinski definition) is 10. The molecule has 3 aromatic carbocycles. The van der Waals surface area contributed by atoms with Crippen molar-refractivity contribution in [2.45, 2.75) is 83.5 Å². The highest BCUT2D eigenvalue weighted by Gasteiger charge is 2.42. The van der Waals surface area contributed by atoms with E-state index in [-0.39, 0.29) is 100 Å². The number of nitrogens with zero attached hydrogens (tertiary/aromatic N) is 12. The number of fused-ring (bicyclic) bond motifs is 3. The van der Waals surface area contributed by atoms with Crippen LogP contribution >= 0.6 is 0 Å². The van der Waals surface area contributed by atoms with E-state index >= 15 is 0 Å². The molecule has 3 aliphatic rings. The second-order valence-corrected chi connectivity index (χ2v) is 17.8. The topological polar surface area (TPSA) is 170 Å². The van der Waals surface area contributed by atoms with E-state index in [4.69, 9.17) is 0 Å². The first-order valence-electron chi connectivity index (χ1n) is 23.5. The van der Waals surface area contributed by atoms with E-state index in [1.54, 1.807) is 0 Å². The van der Waals surface area contributed by atoms with Crippen molar-refractivity contribution in [3.05, 3.63) is 159 Å². The summed E-state index contributed by atoms with van der Waals surface area (Å²) in [6.45, 7) is -1.05. The second kappa shape index (κ2) is 24.6. The average Bonchev–Trinajstić information content (AvgIpc) is 3.96. The molecule has 3 amide bonds. The third-order valence-electron chi connectivity index (χ3n) is 12.2. The summed E-state index contributed by atoms with van der Waals surface area (Å²) in [5.41, 5.74) is -0.758. The molecule has 0 bridgehead atoms. The molecule has 0 saturated heterocycles. The van der Waals surface area contributed by atoms with Gasteiger partial charge in [0.2, 0.25) is 35.2 Å². The number of ketones is 1. The van der Waals surface area contributed by atoms with Gasteiger partial charge < -0.3 is 28.4 Å². The summed E-state index contributed by atoms with van der Waals surface area (Å²) in [5.74, 6) is -16.7. The van der Waals surface area contributed by atoms with Gasteiger partial charge in [-0.1, -0.05) is 18.2 Å². The van der Waals surface area contributed by atoms with Crippen molar-refractivity contribution in [1.82, 2.24) is 59.0 Å². The van der Waals surface area contributed by atoms with Crippen LogP contribution < -0.4 is 0 Å². The highest BCUT2D eigenvalue weighted by molar-refractivity contribution is 5.99. The van der Waals surface area contributed by atoms with Gasteiger partial charge in [-0.05, 0) is 41.8 Å². The van der Waals surface area contributed by atoms with Crippen LogP contribution in [0.25, 0.3) is 6.08 Å². The van der Waals surface area contributed by atoms with Gasteiger partial charge in [0, 0.05) is 75.9 Å². The van der Waals surface area contributed by atoms with Crippen LogP contribution in [0.1, 0.15) is 64.5 Å². The number of rotatable bonds is 10. The lowest BCUT2D eigenvalue weighted by molar-refractivity contribution is -0.149. The molecule has 82 heavy (non-hydrogen) atoms. The number of allylic oxidation sites excluding steroid dienone is 1. The molecule has 0 N–H and O–H groups in total. The summed E-state index contributed by atoms with van der Waals surface area (Å²) < 4.78 is 236. The van der Waals surface area contributed by atoms with Crippen LogP contribution in [0, 0.1) is 52.4 Å². The Kier molecular flexibility index (Phi) is 18.3. The van der Waals surface area contributed by atoms with Gasteiger partial charge in [-0.3, -0.25) is 19.2 Å². The van der Waals surface area contributed by atoms with E-state index < -0.39 is 130 Å². The summed E-state index contributed by atoms with van der Waals surface area (Å²) in [6, 6.07) is 3.00. The lowest BCUT2D eigenvalue weighted by Gasteiger charge is -2.27. The first-order valence-corrected chi connectivity index (χ1v) is 23.5. The predicted octanol–water partition coefficient (Wildman–Crippen LogP) is 8.27. The largest absolute Gasteiger partial charge is 0.451 e. The molecular weight excluding hydrogens is 1150 g/mol. The zero-order valence-corrected chi connectivity index (χ0v) is 41.3. The van der Waals surface area contributed by atoms with E-state index in [9.17, 15) is 98.2 Å². The molecule has 34 heteroatoms. The number of Topliss-reactive ketones (excluding diaryl/α,β-unsaturated/α-hetero) is 1. The maximum absolute atomic E-state index is 13.6. The molecule has 438 valence electrons. The normalized spacial score (nSPS) is 14.5. The molecule has 0 radical (unpaired) electrons. The Balaban J connectivity index is 0.000000177. The number of halogens is 18. The molecule has 0 atom stereocenters. The van der Waals surface area contributed by atoms with Gasteiger partial charge in [0.05, 0.1) is 26.1 Å². The van der Waals surface area contributed by atoms with Gasteiger partial charge in [-0.2, -0.15) is 39.5 Å². The summed E-state index contributed by atoms with van der Waals surface area (Å²) in [4.78, 5) is 52.2. The van der Waals surface area contributed by atoms with Crippen molar-refractivity contribution in [1.29, 1.82) is 0 Å². The van der Waals surface area contributed by atoms with Gasteiger partial charge in [0.1, 0.15) is 23.2 Å². The zero-order valence-electron chi connectivity index (χ0n) is 41.3. The molecule has 9 rings (SSSR count). The molecule has 0 fully saturated rings. The Morgan fingerprint density at radius 2 is 0.829 bits per heavy atom. The molecule has 3 aromatic heterocycles. The highest BCUT2D eigenvalue weighted by Crippen LogP contribution is 2.32. The minimum absolute atomic E-state index is 0.00183. The zero-order chi connectivity index (χ0) is 60.2.